The van der Waals surface area contributed by atoms with Crippen LogP contribution in [0.15, 0.2) is 36.4 Å². The number of fused-ring (bicyclic) bond motifs is 1. The molecule has 0 aliphatic carbocycles. The molecule has 7 nitrogen and oxygen atoms in total. The maximum atomic E-state index is 13.4. The third-order valence-electron chi connectivity index (χ3n) is 6.01. The maximum absolute atomic E-state index is 13.4. The second kappa shape index (κ2) is 11.1. The molecule has 1 aliphatic heterocycles. The number of carbonyl (C=O) groups is 2. The number of hydrogen-bond acceptors (Lipinski definition) is 5. The summed E-state index contributed by atoms with van der Waals surface area (Å²) in [4.78, 5) is 30.4. The molecule has 0 aromatic heterocycles. The number of carbonyl (C=O) groups excluding carboxylic acids is 2. The van der Waals surface area contributed by atoms with E-state index < -0.39 is 6.04 Å². The Labute approximate surface area is 196 Å². The molecule has 0 bridgehead atoms. The molecule has 0 saturated carbocycles. The summed E-state index contributed by atoms with van der Waals surface area (Å²) in [6.45, 7) is 5.97. The normalized spacial score (nSPS) is 13.5. The zero-order valence-electron chi connectivity index (χ0n) is 20.2. The first-order valence-electron chi connectivity index (χ1n) is 11.4. The van der Waals surface area contributed by atoms with Crippen LogP contribution in [-0.4, -0.2) is 56.0 Å². The smallest absolute Gasteiger partial charge is 0.255 e. The molecule has 1 aliphatic rings. The number of ether oxygens (including phenoxy) is 3. The highest BCUT2D eigenvalue weighted by atomic mass is 16.5. The monoisotopic (exact) mass is 454 g/mol. The predicted octanol–water partition coefficient (Wildman–Crippen LogP) is 4.45. The molecular formula is C26H34N2O5. The molecule has 0 spiro atoms. The van der Waals surface area contributed by atoms with E-state index in [0.717, 1.165) is 24.0 Å². The van der Waals surface area contributed by atoms with E-state index in [2.05, 4.69) is 13.8 Å². The molecule has 33 heavy (non-hydrogen) atoms. The summed E-state index contributed by atoms with van der Waals surface area (Å²) >= 11 is 0. The SMILES string of the molecule is CCCN(CCC)C(=O)C[C@@H](c1cc(OC)c(OC)c(OC)c1)N1Cc2ccccc2C1=O. The van der Waals surface area contributed by atoms with Gasteiger partial charge < -0.3 is 24.0 Å². The molecule has 0 saturated heterocycles. The Kier molecular flexibility index (Phi) is 8.20. The van der Waals surface area contributed by atoms with Gasteiger partial charge in [0.1, 0.15) is 0 Å². The van der Waals surface area contributed by atoms with E-state index in [0.29, 0.717) is 42.4 Å². The lowest BCUT2D eigenvalue weighted by atomic mass is 9.99. The minimum atomic E-state index is -0.470. The highest BCUT2D eigenvalue weighted by Crippen LogP contribution is 2.43. The average Bonchev–Trinajstić information content (AvgIpc) is 3.17. The molecule has 0 N–H and O–H groups in total. The highest BCUT2D eigenvalue weighted by Gasteiger charge is 2.36. The fourth-order valence-corrected chi connectivity index (χ4v) is 4.43. The van der Waals surface area contributed by atoms with Crippen molar-refractivity contribution in [1.82, 2.24) is 9.80 Å². The minimum absolute atomic E-state index is 0.0289. The van der Waals surface area contributed by atoms with Gasteiger partial charge in [0.15, 0.2) is 11.5 Å². The van der Waals surface area contributed by atoms with Gasteiger partial charge in [-0.25, -0.2) is 0 Å². The van der Waals surface area contributed by atoms with E-state index in [1.54, 1.807) is 26.2 Å². The van der Waals surface area contributed by atoms with Gasteiger partial charge in [-0.15, -0.1) is 0 Å². The third kappa shape index (κ3) is 5.07. The number of benzene rings is 2. The van der Waals surface area contributed by atoms with Gasteiger partial charge >= 0.3 is 0 Å². The largest absolute Gasteiger partial charge is 0.493 e. The molecule has 1 heterocycles. The summed E-state index contributed by atoms with van der Waals surface area (Å²) in [5.41, 5.74) is 2.42. The summed E-state index contributed by atoms with van der Waals surface area (Å²) in [6.07, 6.45) is 1.95. The van der Waals surface area contributed by atoms with Crippen LogP contribution in [0.4, 0.5) is 0 Å². The molecule has 0 fully saturated rings. The van der Waals surface area contributed by atoms with Gasteiger partial charge in [0.25, 0.3) is 5.91 Å². The molecule has 0 unspecified atom stereocenters. The van der Waals surface area contributed by atoms with Crippen LogP contribution < -0.4 is 14.2 Å². The van der Waals surface area contributed by atoms with E-state index >= 15 is 0 Å². The van der Waals surface area contributed by atoms with Crippen LogP contribution in [0, 0.1) is 0 Å². The van der Waals surface area contributed by atoms with Gasteiger partial charge in [-0.1, -0.05) is 32.0 Å². The molecule has 2 aromatic rings. The summed E-state index contributed by atoms with van der Waals surface area (Å²) < 4.78 is 16.6. The first-order chi connectivity index (χ1) is 16.0. The van der Waals surface area contributed by atoms with Gasteiger partial charge in [-0.3, -0.25) is 9.59 Å². The number of amides is 2. The molecule has 2 amide bonds. The lowest BCUT2D eigenvalue weighted by Crippen LogP contribution is -2.37. The van der Waals surface area contributed by atoms with Crippen LogP contribution in [0.1, 0.15) is 60.6 Å². The third-order valence-corrected chi connectivity index (χ3v) is 6.01. The quantitative estimate of drug-likeness (QED) is 0.502. The number of methoxy groups -OCH3 is 3. The molecule has 7 heteroatoms. The molecule has 3 rings (SSSR count). The van der Waals surface area contributed by atoms with Crippen LogP contribution in [0.3, 0.4) is 0 Å². The van der Waals surface area contributed by atoms with Crippen molar-refractivity contribution in [2.45, 2.75) is 45.7 Å². The summed E-state index contributed by atoms with van der Waals surface area (Å²) in [7, 11) is 4.67. The zero-order valence-corrected chi connectivity index (χ0v) is 20.2. The number of hydrogen-bond donors (Lipinski definition) is 0. The van der Waals surface area contributed by atoms with E-state index in [-0.39, 0.29) is 18.2 Å². The van der Waals surface area contributed by atoms with Gasteiger partial charge in [-0.2, -0.15) is 0 Å². The summed E-state index contributed by atoms with van der Waals surface area (Å²) in [6, 6.07) is 10.8. The van der Waals surface area contributed by atoms with Crippen LogP contribution in [0.25, 0.3) is 0 Å². The number of nitrogens with zero attached hydrogens (tertiary/aromatic N) is 2. The standard InChI is InChI=1S/C26H34N2O5/c1-6-12-27(13-7-2)24(29)16-21(28-17-18-10-8-9-11-20(18)26(28)30)19-14-22(31-3)25(33-5)23(15-19)32-4/h8-11,14-15,21H,6-7,12-13,16-17H2,1-5H3/t21-/m0/s1. The second-order valence-corrected chi connectivity index (χ2v) is 8.15. The van der Waals surface area contributed by atoms with Gasteiger partial charge in [0.2, 0.25) is 11.7 Å². The highest BCUT2D eigenvalue weighted by molar-refractivity contribution is 5.99. The Hall–Kier alpha value is -3.22. The van der Waals surface area contributed by atoms with E-state index in [1.165, 1.54) is 0 Å². The molecule has 178 valence electrons. The Morgan fingerprint density at radius 2 is 1.61 bits per heavy atom. The Balaban J connectivity index is 2.05. The van der Waals surface area contributed by atoms with Gasteiger partial charge in [0.05, 0.1) is 33.8 Å². The lowest BCUT2D eigenvalue weighted by Gasteiger charge is -2.31. The Morgan fingerprint density at radius 3 is 2.12 bits per heavy atom. The van der Waals surface area contributed by atoms with Crippen molar-refractivity contribution in [3.8, 4) is 17.2 Å². The van der Waals surface area contributed by atoms with Crippen molar-refractivity contribution >= 4 is 11.8 Å². The van der Waals surface area contributed by atoms with E-state index in [1.807, 2.05) is 41.3 Å². The Bertz CT molecular complexity index is 959. The van der Waals surface area contributed by atoms with Crippen molar-refractivity contribution in [3.63, 3.8) is 0 Å². The molecular weight excluding hydrogens is 420 g/mol. The average molecular weight is 455 g/mol. The Morgan fingerprint density at radius 1 is 1.00 bits per heavy atom. The summed E-state index contributed by atoms with van der Waals surface area (Å²) in [5.74, 6) is 1.42. The van der Waals surface area contributed by atoms with Crippen molar-refractivity contribution in [1.29, 1.82) is 0 Å². The first-order valence-corrected chi connectivity index (χ1v) is 11.4. The molecule has 2 aromatic carbocycles. The predicted molar refractivity (Wildman–Crippen MR) is 127 cm³/mol. The summed E-state index contributed by atoms with van der Waals surface area (Å²) in [5, 5.41) is 0. The van der Waals surface area contributed by atoms with Crippen molar-refractivity contribution in [3.05, 3.63) is 53.1 Å². The number of rotatable bonds is 11. The van der Waals surface area contributed by atoms with Crippen LogP contribution in [0.2, 0.25) is 0 Å². The topological polar surface area (TPSA) is 68.3 Å². The lowest BCUT2D eigenvalue weighted by molar-refractivity contribution is -0.132. The second-order valence-electron chi connectivity index (χ2n) is 8.15. The van der Waals surface area contributed by atoms with Crippen LogP contribution in [0.5, 0.6) is 17.2 Å². The molecule has 0 radical (unpaired) electrons. The van der Waals surface area contributed by atoms with Crippen molar-refractivity contribution in [2.75, 3.05) is 34.4 Å². The maximum Gasteiger partial charge on any atom is 0.255 e. The molecule has 1 atom stereocenters. The van der Waals surface area contributed by atoms with Crippen LogP contribution >= 0.6 is 0 Å². The van der Waals surface area contributed by atoms with Gasteiger partial charge in [-0.05, 0) is 42.2 Å². The van der Waals surface area contributed by atoms with Crippen molar-refractivity contribution < 1.29 is 23.8 Å². The fraction of sp³-hybridized carbons (Fsp3) is 0.462. The minimum Gasteiger partial charge on any atom is -0.493 e. The van der Waals surface area contributed by atoms with E-state index in [9.17, 15) is 9.59 Å². The van der Waals surface area contributed by atoms with Crippen LogP contribution in [-0.2, 0) is 11.3 Å². The fourth-order valence-electron chi connectivity index (χ4n) is 4.43. The van der Waals surface area contributed by atoms with Crippen molar-refractivity contribution in [2.24, 2.45) is 0 Å². The zero-order chi connectivity index (χ0) is 24.0. The van der Waals surface area contributed by atoms with E-state index in [4.69, 9.17) is 14.2 Å². The first kappa shape index (κ1) is 24.4. The van der Waals surface area contributed by atoms with Gasteiger partial charge in [0, 0.05) is 25.2 Å².